The molecular formula is C11H27N3. The lowest BCUT2D eigenvalue weighted by Gasteiger charge is -2.35. The molecule has 2 unspecified atom stereocenters. The zero-order valence-corrected chi connectivity index (χ0v) is 10.00. The minimum absolute atomic E-state index is 0.299. The second kappa shape index (κ2) is 8.21. The molecular weight excluding hydrogens is 174 g/mol. The van der Waals surface area contributed by atoms with E-state index in [-0.39, 0.29) is 0 Å². The number of unbranched alkanes of at least 4 members (excludes halogenated alkanes) is 1. The van der Waals surface area contributed by atoms with Crippen molar-refractivity contribution >= 4 is 0 Å². The quantitative estimate of drug-likeness (QED) is 0.685. The van der Waals surface area contributed by atoms with Gasteiger partial charge >= 0.3 is 0 Å². The molecule has 2 atom stereocenters. The standard InChI is InChI=1S/C9H21N3.C2H6/c1-2-3-4-9-6-5-8(10)7-12(9)11;1-2/h8-9H,2-7,10-11H2,1H3;1-2H3. The Hall–Kier alpha value is -0.120. The molecule has 1 heterocycles. The molecule has 1 fully saturated rings. The van der Waals surface area contributed by atoms with Gasteiger partial charge in [-0.3, -0.25) is 5.84 Å². The maximum atomic E-state index is 5.86. The van der Waals surface area contributed by atoms with Crippen molar-refractivity contribution in [2.24, 2.45) is 11.6 Å². The summed E-state index contributed by atoms with van der Waals surface area (Å²) in [6, 6.07) is 0.887. The highest BCUT2D eigenvalue weighted by molar-refractivity contribution is 4.79. The minimum atomic E-state index is 0.299. The molecule has 0 saturated carbocycles. The first kappa shape index (κ1) is 13.9. The molecule has 14 heavy (non-hydrogen) atoms. The van der Waals surface area contributed by atoms with Gasteiger partial charge in [-0.25, -0.2) is 5.01 Å². The van der Waals surface area contributed by atoms with Crippen LogP contribution in [0.5, 0.6) is 0 Å². The zero-order chi connectivity index (χ0) is 11.0. The first-order chi connectivity index (χ1) is 6.74. The number of nitrogens with zero attached hydrogens (tertiary/aromatic N) is 1. The Bertz CT molecular complexity index is 126. The Morgan fingerprint density at radius 1 is 1.29 bits per heavy atom. The van der Waals surface area contributed by atoms with Gasteiger partial charge in [0.2, 0.25) is 0 Å². The first-order valence-electron chi connectivity index (χ1n) is 6.01. The Labute approximate surface area is 88.8 Å². The molecule has 0 amide bonds. The van der Waals surface area contributed by atoms with E-state index < -0.39 is 0 Å². The van der Waals surface area contributed by atoms with E-state index in [9.17, 15) is 0 Å². The molecule has 3 heteroatoms. The monoisotopic (exact) mass is 201 g/mol. The van der Waals surface area contributed by atoms with E-state index >= 15 is 0 Å². The number of hydrazine groups is 1. The van der Waals surface area contributed by atoms with Gasteiger partial charge in [-0.05, 0) is 19.3 Å². The number of hydrogen-bond acceptors (Lipinski definition) is 3. The fraction of sp³-hybridized carbons (Fsp3) is 1.00. The third kappa shape index (κ3) is 4.94. The van der Waals surface area contributed by atoms with Gasteiger partial charge < -0.3 is 5.73 Å². The van der Waals surface area contributed by atoms with E-state index in [4.69, 9.17) is 11.6 Å². The van der Waals surface area contributed by atoms with Crippen molar-refractivity contribution in [2.45, 2.75) is 65.0 Å². The summed E-state index contributed by atoms with van der Waals surface area (Å²) in [5, 5.41) is 1.93. The predicted molar refractivity (Wildman–Crippen MR) is 62.8 cm³/mol. The summed E-state index contributed by atoms with van der Waals surface area (Å²) >= 11 is 0. The summed E-state index contributed by atoms with van der Waals surface area (Å²) < 4.78 is 0. The Morgan fingerprint density at radius 3 is 2.43 bits per heavy atom. The normalized spacial score (nSPS) is 28.1. The predicted octanol–water partition coefficient (Wildman–Crippen LogP) is 1.87. The van der Waals surface area contributed by atoms with Crippen LogP contribution in [0.3, 0.4) is 0 Å². The molecule has 1 aliphatic heterocycles. The highest BCUT2D eigenvalue weighted by Crippen LogP contribution is 2.17. The van der Waals surface area contributed by atoms with E-state index in [1.54, 1.807) is 0 Å². The maximum Gasteiger partial charge on any atom is 0.0283 e. The largest absolute Gasteiger partial charge is 0.326 e. The van der Waals surface area contributed by atoms with Crippen molar-refractivity contribution in [1.82, 2.24) is 5.01 Å². The number of nitrogens with two attached hydrogens (primary N) is 2. The van der Waals surface area contributed by atoms with Gasteiger partial charge in [0.1, 0.15) is 0 Å². The SMILES string of the molecule is CC.CCCCC1CCC(N)CN1N. The molecule has 0 radical (unpaired) electrons. The summed E-state index contributed by atoms with van der Waals surface area (Å²) in [6.07, 6.45) is 6.10. The second-order valence-electron chi connectivity index (χ2n) is 3.83. The van der Waals surface area contributed by atoms with Crippen molar-refractivity contribution in [2.75, 3.05) is 6.54 Å². The van der Waals surface area contributed by atoms with E-state index in [0.29, 0.717) is 12.1 Å². The smallest absolute Gasteiger partial charge is 0.0283 e. The summed E-state index contributed by atoms with van der Waals surface area (Å²) in [7, 11) is 0. The van der Waals surface area contributed by atoms with Crippen LogP contribution in [-0.4, -0.2) is 23.6 Å². The van der Waals surface area contributed by atoms with Gasteiger partial charge in [-0.15, -0.1) is 0 Å². The van der Waals surface area contributed by atoms with Crippen LogP contribution in [0.4, 0.5) is 0 Å². The lowest BCUT2D eigenvalue weighted by Crippen LogP contribution is -2.52. The van der Waals surface area contributed by atoms with Crippen LogP contribution in [0.15, 0.2) is 0 Å². The fourth-order valence-corrected chi connectivity index (χ4v) is 1.83. The molecule has 3 nitrogen and oxygen atoms in total. The third-order valence-corrected chi connectivity index (χ3v) is 2.68. The third-order valence-electron chi connectivity index (χ3n) is 2.68. The summed E-state index contributed by atoms with van der Waals surface area (Å²) in [4.78, 5) is 0. The Kier molecular flexibility index (Phi) is 8.14. The van der Waals surface area contributed by atoms with Gasteiger partial charge in [0.05, 0.1) is 0 Å². The average Bonchev–Trinajstić information content (AvgIpc) is 2.20. The lowest BCUT2D eigenvalue weighted by atomic mass is 9.96. The molecule has 0 aliphatic carbocycles. The second-order valence-corrected chi connectivity index (χ2v) is 3.83. The topological polar surface area (TPSA) is 55.3 Å². The van der Waals surface area contributed by atoms with Crippen LogP contribution in [0, 0.1) is 0 Å². The van der Waals surface area contributed by atoms with Crippen molar-refractivity contribution in [3.05, 3.63) is 0 Å². The van der Waals surface area contributed by atoms with Crippen molar-refractivity contribution in [3.8, 4) is 0 Å². The molecule has 0 spiro atoms. The van der Waals surface area contributed by atoms with Crippen molar-refractivity contribution < 1.29 is 0 Å². The molecule has 1 aliphatic rings. The summed E-state index contributed by atoms with van der Waals surface area (Å²) in [6.45, 7) is 7.09. The number of rotatable bonds is 3. The highest BCUT2D eigenvalue weighted by atomic mass is 15.4. The van der Waals surface area contributed by atoms with Gasteiger partial charge in [0.25, 0.3) is 0 Å². The molecule has 1 rings (SSSR count). The fourth-order valence-electron chi connectivity index (χ4n) is 1.83. The lowest BCUT2D eigenvalue weighted by molar-refractivity contribution is 0.126. The van der Waals surface area contributed by atoms with Crippen LogP contribution in [-0.2, 0) is 0 Å². The molecule has 0 aromatic carbocycles. The molecule has 86 valence electrons. The van der Waals surface area contributed by atoms with Crippen molar-refractivity contribution in [3.63, 3.8) is 0 Å². The highest BCUT2D eigenvalue weighted by Gasteiger charge is 2.22. The number of hydrogen-bond donors (Lipinski definition) is 2. The summed E-state index contributed by atoms with van der Waals surface area (Å²) in [5.41, 5.74) is 5.79. The Balaban J connectivity index is 0.000000791. The molecule has 1 saturated heterocycles. The van der Waals surface area contributed by atoms with Gasteiger partial charge in [0.15, 0.2) is 0 Å². The van der Waals surface area contributed by atoms with E-state index in [1.165, 1.54) is 25.7 Å². The van der Waals surface area contributed by atoms with E-state index in [1.807, 2.05) is 18.9 Å². The van der Waals surface area contributed by atoms with Crippen LogP contribution in [0.25, 0.3) is 0 Å². The van der Waals surface area contributed by atoms with Crippen LogP contribution in [0.1, 0.15) is 52.9 Å². The first-order valence-corrected chi connectivity index (χ1v) is 6.01. The van der Waals surface area contributed by atoms with Crippen LogP contribution < -0.4 is 11.6 Å². The van der Waals surface area contributed by atoms with Crippen LogP contribution >= 0.6 is 0 Å². The van der Waals surface area contributed by atoms with Crippen molar-refractivity contribution in [1.29, 1.82) is 0 Å². The molecule has 0 aromatic heterocycles. The zero-order valence-electron chi connectivity index (χ0n) is 10.00. The molecule has 4 N–H and O–H groups in total. The van der Waals surface area contributed by atoms with E-state index in [0.717, 1.165) is 13.0 Å². The Morgan fingerprint density at radius 2 is 1.93 bits per heavy atom. The maximum absolute atomic E-state index is 5.86. The van der Waals surface area contributed by atoms with Gasteiger partial charge in [-0.1, -0.05) is 33.6 Å². The van der Waals surface area contributed by atoms with Gasteiger partial charge in [0, 0.05) is 18.6 Å². The van der Waals surface area contributed by atoms with Crippen LogP contribution in [0.2, 0.25) is 0 Å². The molecule has 0 aromatic rings. The summed E-state index contributed by atoms with van der Waals surface area (Å²) in [5.74, 6) is 5.86. The van der Waals surface area contributed by atoms with E-state index in [2.05, 4.69) is 6.92 Å². The number of piperidine rings is 1. The minimum Gasteiger partial charge on any atom is -0.326 e. The van der Waals surface area contributed by atoms with Gasteiger partial charge in [-0.2, -0.15) is 0 Å². The average molecular weight is 201 g/mol. The molecule has 0 bridgehead atoms.